The maximum atomic E-state index is 9.86. The summed E-state index contributed by atoms with van der Waals surface area (Å²) < 4.78 is 10.5. The van der Waals surface area contributed by atoms with E-state index >= 15 is 0 Å². The number of aromatic nitrogens is 2. The average molecular weight is 384 g/mol. The van der Waals surface area contributed by atoms with Crippen molar-refractivity contribution in [3.05, 3.63) is 42.5 Å². The highest BCUT2D eigenvalue weighted by Gasteiger charge is 2.26. The minimum atomic E-state index is -0.415. The number of carbonyl (C=O) groups excluding carboxylic acids is 1. The molecule has 2 aromatic rings. The lowest BCUT2D eigenvalue weighted by Gasteiger charge is -2.18. The van der Waals surface area contributed by atoms with Gasteiger partial charge in [-0.05, 0) is 44.7 Å². The standard InChI is InChI=1S/C17H19N3O.C4H9NO2/c1-2-9-20(8-1)14-4-3-5-15(10-14)21-16-11-18-17(19-12-16)13-6-7-13;1-2-7-3-4(5)6/h3-5,10-13H,1-2,6-9H2;2-3H2,1H3,(H2,5,6). The van der Waals surface area contributed by atoms with E-state index in [1.165, 1.54) is 31.4 Å². The molecule has 0 spiro atoms. The Hall–Kier alpha value is -2.67. The molecule has 2 fully saturated rings. The molecule has 28 heavy (non-hydrogen) atoms. The highest BCUT2D eigenvalue weighted by atomic mass is 16.5. The Balaban J connectivity index is 0.000000279. The number of ether oxygens (including phenoxy) is 2. The van der Waals surface area contributed by atoms with E-state index in [-0.39, 0.29) is 6.61 Å². The summed E-state index contributed by atoms with van der Waals surface area (Å²) >= 11 is 0. The Labute approximate surface area is 165 Å². The second-order valence-corrected chi connectivity index (χ2v) is 6.95. The molecule has 0 radical (unpaired) electrons. The van der Waals surface area contributed by atoms with Crippen LogP contribution in [0.25, 0.3) is 0 Å². The van der Waals surface area contributed by atoms with Gasteiger partial charge in [-0.1, -0.05) is 6.07 Å². The minimum Gasteiger partial charge on any atom is -0.454 e. The average Bonchev–Trinajstić information content (AvgIpc) is 3.41. The van der Waals surface area contributed by atoms with Gasteiger partial charge in [-0.15, -0.1) is 0 Å². The van der Waals surface area contributed by atoms with E-state index in [4.69, 9.17) is 10.5 Å². The van der Waals surface area contributed by atoms with E-state index in [9.17, 15) is 4.79 Å². The molecule has 2 N–H and O–H groups in total. The van der Waals surface area contributed by atoms with Crippen LogP contribution in [0, 0.1) is 0 Å². The van der Waals surface area contributed by atoms with E-state index in [0.717, 1.165) is 24.7 Å². The number of anilines is 1. The highest BCUT2D eigenvalue weighted by Crippen LogP contribution is 2.38. The third-order valence-corrected chi connectivity index (χ3v) is 4.56. The molecule has 7 heteroatoms. The van der Waals surface area contributed by atoms with Crippen LogP contribution in [0.2, 0.25) is 0 Å². The molecule has 0 atom stereocenters. The zero-order valence-corrected chi connectivity index (χ0v) is 16.3. The van der Waals surface area contributed by atoms with E-state index < -0.39 is 5.91 Å². The van der Waals surface area contributed by atoms with Crippen molar-refractivity contribution in [3.8, 4) is 11.5 Å². The van der Waals surface area contributed by atoms with Crippen LogP contribution in [0.1, 0.15) is 44.3 Å². The number of amides is 1. The lowest BCUT2D eigenvalue weighted by atomic mass is 10.3. The van der Waals surface area contributed by atoms with Crippen LogP contribution >= 0.6 is 0 Å². The van der Waals surface area contributed by atoms with Gasteiger partial charge in [-0.25, -0.2) is 9.97 Å². The first-order chi connectivity index (χ1) is 13.7. The molecular weight excluding hydrogens is 356 g/mol. The van der Waals surface area contributed by atoms with Gasteiger partial charge in [0.2, 0.25) is 5.91 Å². The smallest absolute Gasteiger partial charge is 0.243 e. The molecule has 2 aliphatic rings. The van der Waals surface area contributed by atoms with E-state index in [0.29, 0.717) is 18.3 Å². The Morgan fingerprint density at radius 2 is 1.89 bits per heavy atom. The number of nitrogens with two attached hydrogens (primary N) is 1. The van der Waals surface area contributed by atoms with Gasteiger partial charge in [0.1, 0.15) is 18.2 Å². The molecule has 1 aromatic heterocycles. The van der Waals surface area contributed by atoms with Crippen molar-refractivity contribution in [3.63, 3.8) is 0 Å². The summed E-state index contributed by atoms with van der Waals surface area (Å²) in [7, 11) is 0. The monoisotopic (exact) mass is 384 g/mol. The van der Waals surface area contributed by atoms with Gasteiger partial charge in [0.05, 0.1) is 12.4 Å². The van der Waals surface area contributed by atoms with Crippen LogP contribution in [0.4, 0.5) is 5.69 Å². The molecule has 1 amide bonds. The quantitative estimate of drug-likeness (QED) is 0.788. The zero-order chi connectivity index (χ0) is 19.8. The van der Waals surface area contributed by atoms with Crippen molar-refractivity contribution in [1.82, 2.24) is 9.97 Å². The fourth-order valence-corrected chi connectivity index (χ4v) is 2.99. The number of benzene rings is 1. The number of hydrogen-bond acceptors (Lipinski definition) is 6. The summed E-state index contributed by atoms with van der Waals surface area (Å²) in [6.07, 6.45) is 8.56. The van der Waals surface area contributed by atoms with Gasteiger partial charge in [-0.2, -0.15) is 0 Å². The third kappa shape index (κ3) is 6.20. The predicted octanol–water partition coefficient (Wildman–Crippen LogP) is 3.25. The maximum absolute atomic E-state index is 9.86. The third-order valence-electron chi connectivity index (χ3n) is 4.56. The van der Waals surface area contributed by atoms with Crippen LogP contribution in [0.5, 0.6) is 11.5 Å². The topological polar surface area (TPSA) is 90.6 Å². The molecule has 0 bridgehead atoms. The molecule has 1 saturated heterocycles. The Bertz CT molecular complexity index is 757. The largest absolute Gasteiger partial charge is 0.454 e. The Morgan fingerprint density at radius 3 is 2.46 bits per heavy atom. The van der Waals surface area contributed by atoms with Crippen molar-refractivity contribution >= 4 is 11.6 Å². The second kappa shape index (κ2) is 10.0. The first-order valence-electron chi connectivity index (χ1n) is 9.86. The van der Waals surface area contributed by atoms with E-state index in [1.54, 1.807) is 12.4 Å². The number of rotatable bonds is 7. The minimum absolute atomic E-state index is 0.0382. The van der Waals surface area contributed by atoms with E-state index in [2.05, 4.69) is 31.7 Å². The molecule has 1 aliphatic carbocycles. The van der Waals surface area contributed by atoms with Crippen LogP contribution in [-0.4, -0.2) is 42.2 Å². The highest BCUT2D eigenvalue weighted by molar-refractivity contribution is 5.74. The van der Waals surface area contributed by atoms with Crippen molar-refractivity contribution in [2.75, 3.05) is 31.2 Å². The fourth-order valence-electron chi connectivity index (χ4n) is 2.99. The summed E-state index contributed by atoms with van der Waals surface area (Å²) in [5.41, 5.74) is 5.95. The Kier molecular flexibility index (Phi) is 7.19. The fraction of sp³-hybridized carbons (Fsp3) is 0.476. The zero-order valence-electron chi connectivity index (χ0n) is 16.3. The van der Waals surface area contributed by atoms with Gasteiger partial charge < -0.3 is 20.1 Å². The summed E-state index contributed by atoms with van der Waals surface area (Å²) in [5.74, 6) is 2.67. The maximum Gasteiger partial charge on any atom is 0.243 e. The molecule has 4 rings (SSSR count). The van der Waals surface area contributed by atoms with Crippen LogP contribution in [-0.2, 0) is 9.53 Å². The van der Waals surface area contributed by atoms with Crippen molar-refractivity contribution in [2.45, 2.75) is 38.5 Å². The SMILES string of the molecule is CCOCC(N)=O.c1cc(Oc2cnc(C3CC3)nc2)cc(N2CCCC2)c1. The molecule has 1 saturated carbocycles. The first kappa shape index (κ1) is 20.1. The second-order valence-electron chi connectivity index (χ2n) is 6.95. The molecule has 0 unspecified atom stereocenters. The van der Waals surface area contributed by atoms with Gasteiger partial charge in [-0.3, -0.25) is 4.79 Å². The summed E-state index contributed by atoms with van der Waals surface area (Å²) in [5, 5.41) is 0. The van der Waals surface area contributed by atoms with Gasteiger partial charge in [0.15, 0.2) is 5.75 Å². The van der Waals surface area contributed by atoms with E-state index in [1.807, 2.05) is 19.1 Å². The van der Waals surface area contributed by atoms with Crippen molar-refractivity contribution in [2.24, 2.45) is 5.73 Å². The van der Waals surface area contributed by atoms with Gasteiger partial charge in [0, 0.05) is 37.4 Å². The molecule has 2 heterocycles. The van der Waals surface area contributed by atoms with Gasteiger partial charge in [0.25, 0.3) is 0 Å². The summed E-state index contributed by atoms with van der Waals surface area (Å²) in [4.78, 5) is 21.0. The molecule has 1 aliphatic heterocycles. The lowest BCUT2D eigenvalue weighted by molar-refractivity contribution is -0.122. The number of primary amides is 1. The molecule has 1 aromatic carbocycles. The van der Waals surface area contributed by atoms with Crippen LogP contribution < -0.4 is 15.4 Å². The number of hydrogen-bond donors (Lipinski definition) is 1. The van der Waals surface area contributed by atoms with Gasteiger partial charge >= 0.3 is 0 Å². The van der Waals surface area contributed by atoms with Crippen LogP contribution in [0.3, 0.4) is 0 Å². The Morgan fingerprint density at radius 1 is 1.18 bits per heavy atom. The predicted molar refractivity (Wildman–Crippen MR) is 108 cm³/mol. The van der Waals surface area contributed by atoms with Crippen molar-refractivity contribution < 1.29 is 14.3 Å². The number of nitrogens with zero attached hydrogens (tertiary/aromatic N) is 3. The molecule has 150 valence electrons. The first-order valence-corrected chi connectivity index (χ1v) is 9.86. The van der Waals surface area contributed by atoms with Crippen LogP contribution in [0.15, 0.2) is 36.7 Å². The lowest BCUT2D eigenvalue weighted by Crippen LogP contribution is -2.17. The summed E-state index contributed by atoms with van der Waals surface area (Å²) in [6.45, 7) is 4.67. The van der Waals surface area contributed by atoms with Crippen molar-refractivity contribution in [1.29, 1.82) is 0 Å². The molecule has 7 nitrogen and oxygen atoms in total. The number of carbonyl (C=O) groups is 1. The normalized spacial score (nSPS) is 15.7. The molecular formula is C21H28N4O3. The summed E-state index contributed by atoms with van der Waals surface area (Å²) in [6, 6.07) is 8.27.